The monoisotopic (exact) mass is 218 g/mol. The molecule has 2 N–H and O–H groups in total. The van der Waals surface area contributed by atoms with Crippen molar-refractivity contribution in [1.82, 2.24) is 10.2 Å². The van der Waals surface area contributed by atoms with Gasteiger partial charge in [-0.1, -0.05) is 6.92 Å². The molecule has 0 amide bonds. The van der Waals surface area contributed by atoms with Gasteiger partial charge in [-0.15, -0.1) is 0 Å². The second-order valence-electron chi connectivity index (χ2n) is 4.01. The van der Waals surface area contributed by atoms with Crippen molar-refractivity contribution in [3.63, 3.8) is 0 Å². The largest absolute Gasteiger partial charge is 0.396 e. The third-order valence-corrected chi connectivity index (χ3v) is 2.64. The van der Waals surface area contributed by atoms with E-state index in [1.807, 2.05) is 0 Å². The van der Waals surface area contributed by atoms with Crippen LogP contribution in [-0.2, 0) is 4.74 Å². The van der Waals surface area contributed by atoms with Crippen LogP contribution < -0.4 is 5.32 Å². The molecule has 0 fully saturated rings. The third-order valence-electron chi connectivity index (χ3n) is 2.64. The van der Waals surface area contributed by atoms with Crippen LogP contribution in [0.15, 0.2) is 0 Å². The standard InChI is InChI=1S/C11H26N2O2/c1-5-12-11(6-7-14)8-13(3)10(2)9-15-4/h10-12,14H,5-9H2,1-4H3. The van der Waals surface area contributed by atoms with E-state index >= 15 is 0 Å². The second-order valence-corrected chi connectivity index (χ2v) is 4.01. The molecule has 0 saturated heterocycles. The molecule has 4 heteroatoms. The van der Waals surface area contributed by atoms with Crippen molar-refractivity contribution >= 4 is 0 Å². The summed E-state index contributed by atoms with van der Waals surface area (Å²) < 4.78 is 5.11. The maximum absolute atomic E-state index is 8.93. The van der Waals surface area contributed by atoms with Crippen LogP contribution in [0.3, 0.4) is 0 Å². The molecule has 92 valence electrons. The highest BCUT2D eigenvalue weighted by Crippen LogP contribution is 2.00. The van der Waals surface area contributed by atoms with E-state index in [1.165, 1.54) is 0 Å². The molecule has 0 radical (unpaired) electrons. The summed E-state index contributed by atoms with van der Waals surface area (Å²) in [4.78, 5) is 2.26. The molecule has 2 unspecified atom stereocenters. The maximum atomic E-state index is 8.93. The van der Waals surface area contributed by atoms with Crippen molar-refractivity contribution in [3.8, 4) is 0 Å². The van der Waals surface area contributed by atoms with Gasteiger partial charge in [0.1, 0.15) is 0 Å². The Bertz CT molecular complexity index is 139. The Morgan fingerprint density at radius 1 is 1.47 bits per heavy atom. The van der Waals surface area contributed by atoms with Crippen molar-refractivity contribution in [3.05, 3.63) is 0 Å². The topological polar surface area (TPSA) is 44.7 Å². The Morgan fingerprint density at radius 3 is 2.60 bits per heavy atom. The van der Waals surface area contributed by atoms with Gasteiger partial charge in [0.25, 0.3) is 0 Å². The number of aliphatic hydroxyl groups is 1. The van der Waals surface area contributed by atoms with Gasteiger partial charge in [0.15, 0.2) is 0 Å². The predicted octanol–water partition coefficient (Wildman–Crippen LogP) is 0.314. The number of hydrogen-bond donors (Lipinski definition) is 2. The normalized spacial score (nSPS) is 15.6. The van der Waals surface area contributed by atoms with E-state index in [4.69, 9.17) is 9.84 Å². The lowest BCUT2D eigenvalue weighted by molar-refractivity contribution is 0.106. The summed E-state index contributed by atoms with van der Waals surface area (Å²) >= 11 is 0. The maximum Gasteiger partial charge on any atom is 0.0615 e. The van der Waals surface area contributed by atoms with E-state index in [-0.39, 0.29) is 6.61 Å². The van der Waals surface area contributed by atoms with Gasteiger partial charge >= 0.3 is 0 Å². The Labute approximate surface area is 93.6 Å². The first kappa shape index (κ1) is 14.8. The van der Waals surface area contributed by atoms with Crippen LogP contribution in [0.4, 0.5) is 0 Å². The van der Waals surface area contributed by atoms with Gasteiger partial charge in [-0.25, -0.2) is 0 Å². The quantitative estimate of drug-likeness (QED) is 0.585. The number of hydrogen-bond acceptors (Lipinski definition) is 4. The van der Waals surface area contributed by atoms with Crippen LogP contribution in [0.25, 0.3) is 0 Å². The average Bonchev–Trinajstić information content (AvgIpc) is 2.18. The summed E-state index contributed by atoms with van der Waals surface area (Å²) in [5.41, 5.74) is 0. The minimum Gasteiger partial charge on any atom is -0.396 e. The minimum absolute atomic E-state index is 0.240. The van der Waals surface area contributed by atoms with Crippen LogP contribution in [-0.4, -0.2) is 62.6 Å². The Morgan fingerprint density at radius 2 is 2.13 bits per heavy atom. The van der Waals surface area contributed by atoms with Crippen molar-refractivity contribution in [2.45, 2.75) is 32.4 Å². The van der Waals surface area contributed by atoms with Crippen molar-refractivity contribution in [2.24, 2.45) is 0 Å². The zero-order valence-electron chi connectivity index (χ0n) is 10.5. The van der Waals surface area contributed by atoms with E-state index in [0.717, 1.165) is 26.1 Å². The zero-order chi connectivity index (χ0) is 11.7. The van der Waals surface area contributed by atoms with Crippen LogP contribution in [0.5, 0.6) is 0 Å². The SMILES string of the molecule is CCNC(CCO)CN(C)C(C)COC. The minimum atomic E-state index is 0.240. The van der Waals surface area contributed by atoms with E-state index < -0.39 is 0 Å². The fraction of sp³-hybridized carbons (Fsp3) is 1.00. The Kier molecular flexibility index (Phi) is 9.00. The summed E-state index contributed by atoms with van der Waals surface area (Å²) in [5.74, 6) is 0. The predicted molar refractivity (Wildman–Crippen MR) is 63.1 cm³/mol. The van der Waals surface area contributed by atoms with Gasteiger partial charge < -0.3 is 15.2 Å². The van der Waals surface area contributed by atoms with Crippen LogP contribution in [0.1, 0.15) is 20.3 Å². The lowest BCUT2D eigenvalue weighted by atomic mass is 10.2. The first-order chi connectivity index (χ1) is 7.15. The molecule has 0 aliphatic rings. The highest BCUT2D eigenvalue weighted by atomic mass is 16.5. The summed E-state index contributed by atoms with van der Waals surface area (Å²) in [6.45, 7) is 7.10. The molecule has 0 heterocycles. The second kappa shape index (κ2) is 9.09. The lowest BCUT2D eigenvalue weighted by Gasteiger charge is -2.28. The van der Waals surface area contributed by atoms with Crippen LogP contribution >= 0.6 is 0 Å². The Hall–Kier alpha value is -0.160. The van der Waals surface area contributed by atoms with Gasteiger partial charge in [0, 0.05) is 32.3 Å². The third kappa shape index (κ3) is 6.84. The molecule has 0 spiro atoms. The van der Waals surface area contributed by atoms with Gasteiger partial charge in [-0.3, -0.25) is 4.90 Å². The molecule has 15 heavy (non-hydrogen) atoms. The van der Waals surface area contributed by atoms with Crippen molar-refractivity contribution in [1.29, 1.82) is 0 Å². The smallest absolute Gasteiger partial charge is 0.0615 e. The molecule has 4 nitrogen and oxygen atoms in total. The molecule has 0 rings (SSSR count). The molecule has 0 aliphatic carbocycles. The molecule has 2 atom stereocenters. The average molecular weight is 218 g/mol. The molecule has 0 aromatic rings. The van der Waals surface area contributed by atoms with E-state index in [0.29, 0.717) is 12.1 Å². The fourth-order valence-electron chi connectivity index (χ4n) is 1.60. The van der Waals surface area contributed by atoms with Gasteiger partial charge in [0.05, 0.1) is 6.61 Å². The van der Waals surface area contributed by atoms with Crippen LogP contribution in [0, 0.1) is 0 Å². The molecule has 0 aromatic carbocycles. The van der Waals surface area contributed by atoms with Gasteiger partial charge in [-0.05, 0) is 26.9 Å². The fourth-order valence-corrected chi connectivity index (χ4v) is 1.60. The number of aliphatic hydroxyl groups excluding tert-OH is 1. The number of likely N-dealkylation sites (N-methyl/N-ethyl adjacent to an activating group) is 2. The summed E-state index contributed by atoms with van der Waals surface area (Å²) in [6.07, 6.45) is 0.803. The van der Waals surface area contributed by atoms with E-state index in [1.54, 1.807) is 7.11 Å². The summed E-state index contributed by atoms with van der Waals surface area (Å²) in [5, 5.41) is 12.3. The first-order valence-corrected chi connectivity index (χ1v) is 5.69. The molecule has 0 aliphatic heterocycles. The number of ether oxygens (including phenoxy) is 1. The highest BCUT2D eigenvalue weighted by Gasteiger charge is 2.14. The summed E-state index contributed by atoms with van der Waals surface area (Å²) in [7, 11) is 3.81. The van der Waals surface area contributed by atoms with Crippen LogP contribution in [0.2, 0.25) is 0 Å². The van der Waals surface area contributed by atoms with E-state index in [9.17, 15) is 0 Å². The number of methoxy groups -OCH3 is 1. The molecule has 0 bridgehead atoms. The van der Waals surface area contributed by atoms with Crippen molar-refractivity contribution in [2.75, 3.05) is 40.5 Å². The molecular weight excluding hydrogens is 192 g/mol. The van der Waals surface area contributed by atoms with Gasteiger partial charge in [0.2, 0.25) is 0 Å². The zero-order valence-corrected chi connectivity index (χ0v) is 10.5. The number of nitrogens with zero attached hydrogens (tertiary/aromatic N) is 1. The van der Waals surface area contributed by atoms with Crippen molar-refractivity contribution < 1.29 is 9.84 Å². The number of nitrogens with one attached hydrogen (secondary N) is 1. The lowest BCUT2D eigenvalue weighted by Crippen LogP contribution is -2.44. The Balaban J connectivity index is 3.91. The highest BCUT2D eigenvalue weighted by molar-refractivity contribution is 4.72. The number of rotatable bonds is 9. The molecular formula is C11H26N2O2. The molecule has 0 saturated carbocycles. The van der Waals surface area contributed by atoms with E-state index in [2.05, 4.69) is 31.1 Å². The first-order valence-electron chi connectivity index (χ1n) is 5.69. The van der Waals surface area contributed by atoms with Gasteiger partial charge in [-0.2, -0.15) is 0 Å². The summed E-state index contributed by atoms with van der Waals surface area (Å²) in [6, 6.07) is 0.777. The molecule has 0 aromatic heterocycles.